The lowest BCUT2D eigenvalue weighted by atomic mass is 10.2. The highest BCUT2D eigenvalue weighted by Gasteiger charge is 2.04. The van der Waals surface area contributed by atoms with Crippen LogP contribution in [0, 0.1) is 11.3 Å². The fourth-order valence-corrected chi connectivity index (χ4v) is 1.96. The molecular formula is C14H14ClN5O. The summed E-state index contributed by atoms with van der Waals surface area (Å²) in [6, 6.07) is 6.41. The smallest absolute Gasteiger partial charge is 0.319 e. The number of amides is 2. The molecule has 2 amide bonds. The number of anilines is 1. The van der Waals surface area contributed by atoms with E-state index in [1.54, 1.807) is 30.7 Å². The summed E-state index contributed by atoms with van der Waals surface area (Å²) in [5.74, 6) is 0. The summed E-state index contributed by atoms with van der Waals surface area (Å²) in [5.41, 5.74) is 0.925. The number of benzene rings is 1. The molecule has 2 N–H and O–H groups in total. The van der Waals surface area contributed by atoms with Gasteiger partial charge in [-0.05, 0) is 24.6 Å². The van der Waals surface area contributed by atoms with Crippen LogP contribution in [-0.2, 0) is 6.54 Å². The van der Waals surface area contributed by atoms with Gasteiger partial charge in [-0.3, -0.25) is 0 Å². The molecule has 0 saturated carbocycles. The second-order valence-corrected chi connectivity index (χ2v) is 4.75. The van der Waals surface area contributed by atoms with Gasteiger partial charge in [-0.25, -0.2) is 9.78 Å². The zero-order valence-corrected chi connectivity index (χ0v) is 12.0. The average molecular weight is 304 g/mol. The van der Waals surface area contributed by atoms with Gasteiger partial charge < -0.3 is 15.2 Å². The van der Waals surface area contributed by atoms with Gasteiger partial charge in [0.1, 0.15) is 6.07 Å². The van der Waals surface area contributed by atoms with Crippen LogP contribution in [0.25, 0.3) is 0 Å². The fourth-order valence-electron chi connectivity index (χ4n) is 1.74. The van der Waals surface area contributed by atoms with Crippen LogP contribution in [0.15, 0.2) is 36.9 Å². The number of nitrogens with one attached hydrogen (secondary N) is 2. The van der Waals surface area contributed by atoms with Gasteiger partial charge in [0.15, 0.2) is 0 Å². The van der Waals surface area contributed by atoms with Crippen molar-refractivity contribution in [3.8, 4) is 6.07 Å². The van der Waals surface area contributed by atoms with Crippen molar-refractivity contribution in [1.29, 1.82) is 5.26 Å². The Balaban J connectivity index is 1.74. The molecule has 6 nitrogen and oxygen atoms in total. The van der Waals surface area contributed by atoms with E-state index in [0.29, 0.717) is 22.8 Å². The third-order valence-corrected chi connectivity index (χ3v) is 3.10. The van der Waals surface area contributed by atoms with Crippen molar-refractivity contribution >= 4 is 23.3 Å². The van der Waals surface area contributed by atoms with Crippen molar-refractivity contribution in [2.24, 2.45) is 0 Å². The van der Waals surface area contributed by atoms with Gasteiger partial charge in [-0.15, -0.1) is 0 Å². The highest BCUT2D eigenvalue weighted by Crippen LogP contribution is 2.19. The van der Waals surface area contributed by atoms with Gasteiger partial charge in [-0.1, -0.05) is 11.6 Å². The molecule has 21 heavy (non-hydrogen) atoms. The molecule has 0 bridgehead atoms. The lowest BCUT2D eigenvalue weighted by Gasteiger charge is -2.08. The maximum absolute atomic E-state index is 11.7. The number of hydrogen-bond donors (Lipinski definition) is 2. The molecule has 0 saturated heterocycles. The number of rotatable bonds is 5. The molecule has 1 aromatic heterocycles. The van der Waals surface area contributed by atoms with E-state index in [1.165, 1.54) is 0 Å². The van der Waals surface area contributed by atoms with Gasteiger partial charge >= 0.3 is 6.03 Å². The normalized spacial score (nSPS) is 9.90. The molecule has 2 aromatic rings. The maximum Gasteiger partial charge on any atom is 0.319 e. The number of urea groups is 1. The van der Waals surface area contributed by atoms with E-state index in [1.807, 2.05) is 16.8 Å². The molecule has 0 fully saturated rings. The number of hydrogen-bond acceptors (Lipinski definition) is 3. The molecule has 0 spiro atoms. The first-order valence-electron chi connectivity index (χ1n) is 6.39. The Morgan fingerprint density at radius 3 is 3.00 bits per heavy atom. The van der Waals surface area contributed by atoms with E-state index in [4.69, 9.17) is 16.9 Å². The average Bonchev–Trinajstić information content (AvgIpc) is 2.97. The first kappa shape index (κ1) is 14.9. The zero-order valence-electron chi connectivity index (χ0n) is 11.2. The van der Waals surface area contributed by atoms with Crippen LogP contribution in [0.4, 0.5) is 10.5 Å². The number of carbonyl (C=O) groups is 1. The molecular weight excluding hydrogens is 290 g/mol. The Hall–Kier alpha value is -2.52. The first-order chi connectivity index (χ1) is 10.2. The van der Waals surface area contributed by atoms with E-state index in [9.17, 15) is 4.79 Å². The Labute approximate surface area is 127 Å². The van der Waals surface area contributed by atoms with Crippen molar-refractivity contribution in [3.05, 3.63) is 47.5 Å². The van der Waals surface area contributed by atoms with Crippen LogP contribution in [0.3, 0.4) is 0 Å². The van der Waals surface area contributed by atoms with Crippen LogP contribution in [0.5, 0.6) is 0 Å². The Bertz CT molecular complexity index is 648. The van der Waals surface area contributed by atoms with Crippen molar-refractivity contribution in [2.75, 3.05) is 11.9 Å². The summed E-state index contributed by atoms with van der Waals surface area (Å²) >= 11 is 5.89. The maximum atomic E-state index is 11.7. The Morgan fingerprint density at radius 2 is 2.33 bits per heavy atom. The van der Waals surface area contributed by atoms with Crippen LogP contribution in [-0.4, -0.2) is 22.1 Å². The Morgan fingerprint density at radius 1 is 1.48 bits per heavy atom. The summed E-state index contributed by atoms with van der Waals surface area (Å²) in [5, 5.41) is 14.5. The van der Waals surface area contributed by atoms with E-state index in [-0.39, 0.29) is 6.03 Å². The minimum absolute atomic E-state index is 0.304. The first-order valence-corrected chi connectivity index (χ1v) is 6.77. The summed E-state index contributed by atoms with van der Waals surface area (Å²) in [7, 11) is 0. The molecule has 1 aromatic carbocycles. The lowest BCUT2D eigenvalue weighted by Crippen LogP contribution is -2.30. The predicted octanol–water partition coefficient (Wildman–Crippen LogP) is 2.62. The SMILES string of the molecule is N#Cc1ccc(NC(=O)NCCCn2ccnc2)cc1Cl. The van der Waals surface area contributed by atoms with Crippen molar-refractivity contribution in [2.45, 2.75) is 13.0 Å². The minimum Gasteiger partial charge on any atom is -0.338 e. The quantitative estimate of drug-likeness (QED) is 0.833. The molecule has 1 heterocycles. The van der Waals surface area contributed by atoms with Gasteiger partial charge in [0.2, 0.25) is 0 Å². The number of aryl methyl sites for hydroxylation is 1. The standard InChI is InChI=1S/C14H14ClN5O/c15-13-8-12(3-2-11(13)9-16)19-14(21)18-4-1-6-20-7-5-17-10-20/h2-3,5,7-8,10H,1,4,6H2,(H2,18,19,21). The number of aromatic nitrogens is 2. The van der Waals surface area contributed by atoms with Crippen LogP contribution < -0.4 is 10.6 Å². The number of nitriles is 1. The third-order valence-electron chi connectivity index (χ3n) is 2.79. The second-order valence-electron chi connectivity index (χ2n) is 4.34. The van der Waals surface area contributed by atoms with E-state index in [2.05, 4.69) is 15.6 Å². The minimum atomic E-state index is -0.304. The topological polar surface area (TPSA) is 82.7 Å². The molecule has 108 valence electrons. The van der Waals surface area contributed by atoms with Gasteiger partial charge in [-0.2, -0.15) is 5.26 Å². The molecule has 0 aliphatic carbocycles. The fraction of sp³-hybridized carbons (Fsp3) is 0.214. The predicted molar refractivity (Wildman–Crippen MR) is 80.0 cm³/mol. The van der Waals surface area contributed by atoms with Gasteiger partial charge in [0.25, 0.3) is 0 Å². The number of carbonyl (C=O) groups excluding carboxylic acids is 1. The number of nitrogens with zero attached hydrogens (tertiary/aromatic N) is 3. The Kier molecular flexibility index (Phi) is 5.18. The van der Waals surface area contributed by atoms with Crippen molar-refractivity contribution < 1.29 is 4.79 Å². The van der Waals surface area contributed by atoms with Crippen molar-refractivity contribution in [3.63, 3.8) is 0 Å². The zero-order chi connectivity index (χ0) is 15.1. The molecule has 2 rings (SSSR count). The van der Waals surface area contributed by atoms with E-state index >= 15 is 0 Å². The molecule has 0 radical (unpaired) electrons. The molecule has 0 atom stereocenters. The van der Waals surface area contributed by atoms with Crippen LogP contribution in [0.1, 0.15) is 12.0 Å². The lowest BCUT2D eigenvalue weighted by molar-refractivity contribution is 0.252. The number of imidazole rings is 1. The highest BCUT2D eigenvalue weighted by molar-refractivity contribution is 6.32. The largest absolute Gasteiger partial charge is 0.338 e. The number of halogens is 1. The second kappa shape index (κ2) is 7.31. The van der Waals surface area contributed by atoms with Gasteiger partial charge in [0.05, 0.1) is 16.9 Å². The molecule has 7 heteroatoms. The summed E-state index contributed by atoms with van der Waals surface area (Å²) < 4.78 is 1.94. The monoisotopic (exact) mass is 303 g/mol. The third kappa shape index (κ3) is 4.51. The van der Waals surface area contributed by atoms with E-state index in [0.717, 1.165) is 13.0 Å². The van der Waals surface area contributed by atoms with E-state index < -0.39 is 0 Å². The van der Waals surface area contributed by atoms with Crippen LogP contribution >= 0.6 is 11.6 Å². The van der Waals surface area contributed by atoms with Crippen LogP contribution in [0.2, 0.25) is 5.02 Å². The van der Waals surface area contributed by atoms with Gasteiger partial charge in [0, 0.05) is 31.2 Å². The summed E-state index contributed by atoms with van der Waals surface area (Å²) in [6.07, 6.45) is 6.13. The molecule has 0 unspecified atom stereocenters. The molecule has 0 aliphatic heterocycles. The summed E-state index contributed by atoms with van der Waals surface area (Å²) in [4.78, 5) is 15.6. The van der Waals surface area contributed by atoms with Crippen molar-refractivity contribution in [1.82, 2.24) is 14.9 Å². The highest BCUT2D eigenvalue weighted by atomic mass is 35.5. The molecule has 0 aliphatic rings. The summed E-state index contributed by atoms with van der Waals surface area (Å²) in [6.45, 7) is 1.34.